The highest BCUT2D eigenvalue weighted by Gasteiger charge is 2.12. The van der Waals surface area contributed by atoms with E-state index in [1.165, 1.54) is 11.1 Å². The second kappa shape index (κ2) is 7.10. The van der Waals surface area contributed by atoms with E-state index in [0.29, 0.717) is 6.04 Å². The van der Waals surface area contributed by atoms with E-state index >= 15 is 0 Å². The minimum atomic E-state index is 0.308. The van der Waals surface area contributed by atoms with Gasteiger partial charge in [-0.15, -0.1) is 0 Å². The average molecular weight is 273 g/mol. The minimum Gasteiger partial charge on any atom is -0.496 e. The summed E-state index contributed by atoms with van der Waals surface area (Å²) in [6.07, 6.45) is 4.97. The zero-order chi connectivity index (χ0) is 14.4. The lowest BCUT2D eigenvalue weighted by atomic mass is 10.0. The lowest BCUT2D eigenvalue weighted by molar-refractivity contribution is 0.394. The number of nitrogens with one attached hydrogen (secondary N) is 1. The van der Waals surface area contributed by atoms with Crippen LogP contribution in [0.1, 0.15) is 30.5 Å². The molecule has 1 unspecified atom stereocenters. The van der Waals surface area contributed by atoms with Gasteiger partial charge in [-0.1, -0.05) is 25.1 Å². The highest BCUT2D eigenvalue weighted by molar-refractivity contribution is 5.35. The van der Waals surface area contributed by atoms with Crippen LogP contribution >= 0.6 is 0 Å². The summed E-state index contributed by atoms with van der Waals surface area (Å²) in [7, 11) is 1.72. The third kappa shape index (κ3) is 3.61. The fourth-order valence-corrected chi connectivity index (χ4v) is 2.37. The summed E-state index contributed by atoms with van der Waals surface area (Å²) in [6.45, 7) is 6.00. The van der Waals surface area contributed by atoms with Gasteiger partial charge in [0.25, 0.3) is 0 Å². The first-order chi connectivity index (χ1) is 9.74. The van der Waals surface area contributed by atoms with Crippen LogP contribution in [0, 0.1) is 6.92 Å². The predicted molar refractivity (Wildman–Crippen MR) is 81.0 cm³/mol. The number of methoxy groups -OCH3 is 1. The molecule has 0 saturated heterocycles. The van der Waals surface area contributed by atoms with E-state index in [0.717, 1.165) is 25.3 Å². The SMILES string of the molecule is CCC(NCCn1cc(C)cn1)c1ccccc1OC. The van der Waals surface area contributed by atoms with Crippen LogP contribution in [0.25, 0.3) is 0 Å². The fraction of sp³-hybridized carbons (Fsp3) is 0.438. The number of aromatic nitrogens is 2. The van der Waals surface area contributed by atoms with Crippen LogP contribution in [-0.4, -0.2) is 23.4 Å². The third-order valence-electron chi connectivity index (χ3n) is 3.42. The van der Waals surface area contributed by atoms with E-state index in [-0.39, 0.29) is 0 Å². The van der Waals surface area contributed by atoms with Crippen molar-refractivity contribution < 1.29 is 4.74 Å². The van der Waals surface area contributed by atoms with Crippen molar-refractivity contribution in [3.05, 3.63) is 47.8 Å². The second-order valence-electron chi connectivity index (χ2n) is 4.94. The minimum absolute atomic E-state index is 0.308. The molecule has 1 heterocycles. The first-order valence-electron chi connectivity index (χ1n) is 7.10. The van der Waals surface area contributed by atoms with Gasteiger partial charge in [0, 0.05) is 24.3 Å². The van der Waals surface area contributed by atoms with Gasteiger partial charge in [0.15, 0.2) is 0 Å². The maximum absolute atomic E-state index is 5.44. The number of nitrogens with zero attached hydrogens (tertiary/aromatic N) is 2. The molecule has 0 amide bonds. The molecule has 4 heteroatoms. The molecule has 20 heavy (non-hydrogen) atoms. The van der Waals surface area contributed by atoms with E-state index in [2.05, 4.69) is 42.6 Å². The van der Waals surface area contributed by atoms with E-state index in [1.54, 1.807) is 7.11 Å². The van der Waals surface area contributed by atoms with E-state index < -0.39 is 0 Å². The van der Waals surface area contributed by atoms with Crippen molar-refractivity contribution >= 4 is 0 Å². The number of ether oxygens (including phenoxy) is 1. The smallest absolute Gasteiger partial charge is 0.123 e. The third-order valence-corrected chi connectivity index (χ3v) is 3.42. The molecule has 0 bridgehead atoms. The summed E-state index contributed by atoms with van der Waals surface area (Å²) in [5.74, 6) is 0.946. The quantitative estimate of drug-likeness (QED) is 0.843. The molecule has 2 rings (SSSR count). The maximum atomic E-state index is 5.44. The maximum Gasteiger partial charge on any atom is 0.123 e. The summed E-state index contributed by atoms with van der Waals surface area (Å²) < 4.78 is 7.41. The Labute approximate surface area is 120 Å². The molecule has 0 saturated carbocycles. The van der Waals surface area contributed by atoms with Gasteiger partial charge in [-0.05, 0) is 25.0 Å². The Morgan fingerprint density at radius 2 is 2.15 bits per heavy atom. The van der Waals surface area contributed by atoms with Gasteiger partial charge < -0.3 is 10.1 Å². The molecular formula is C16H23N3O. The van der Waals surface area contributed by atoms with Crippen molar-refractivity contribution in [3.8, 4) is 5.75 Å². The molecule has 0 aliphatic heterocycles. The van der Waals surface area contributed by atoms with Gasteiger partial charge >= 0.3 is 0 Å². The molecule has 0 fully saturated rings. The normalized spacial score (nSPS) is 12.3. The van der Waals surface area contributed by atoms with Gasteiger partial charge in [0.05, 0.1) is 19.9 Å². The standard InChI is InChI=1S/C16H23N3O/c1-4-15(14-7-5-6-8-16(14)20-3)17-9-10-19-12-13(2)11-18-19/h5-8,11-12,15,17H,4,9-10H2,1-3H3. The summed E-state index contributed by atoms with van der Waals surface area (Å²) in [6, 6.07) is 8.50. The van der Waals surface area contributed by atoms with Crippen molar-refractivity contribution in [1.82, 2.24) is 15.1 Å². The number of rotatable bonds is 7. The number of para-hydroxylation sites is 1. The fourth-order valence-electron chi connectivity index (χ4n) is 2.37. The van der Waals surface area contributed by atoms with Crippen LogP contribution in [0.15, 0.2) is 36.7 Å². The zero-order valence-corrected chi connectivity index (χ0v) is 12.5. The van der Waals surface area contributed by atoms with Gasteiger partial charge in [-0.2, -0.15) is 5.10 Å². The molecule has 108 valence electrons. The largest absolute Gasteiger partial charge is 0.496 e. The summed E-state index contributed by atoms with van der Waals surface area (Å²) in [4.78, 5) is 0. The Balaban J connectivity index is 1.95. The van der Waals surface area contributed by atoms with Crippen LogP contribution in [-0.2, 0) is 6.54 Å². The van der Waals surface area contributed by atoms with Gasteiger partial charge in [-0.25, -0.2) is 0 Å². The van der Waals surface area contributed by atoms with Gasteiger partial charge in [0.1, 0.15) is 5.75 Å². The monoisotopic (exact) mass is 273 g/mol. The molecule has 1 N–H and O–H groups in total. The lowest BCUT2D eigenvalue weighted by Crippen LogP contribution is -2.25. The van der Waals surface area contributed by atoms with Gasteiger partial charge in [-0.3, -0.25) is 4.68 Å². The van der Waals surface area contributed by atoms with Crippen LogP contribution in [0.5, 0.6) is 5.75 Å². The second-order valence-corrected chi connectivity index (χ2v) is 4.94. The van der Waals surface area contributed by atoms with E-state index in [9.17, 15) is 0 Å². The van der Waals surface area contributed by atoms with Crippen molar-refractivity contribution in [2.24, 2.45) is 0 Å². The molecule has 0 aliphatic rings. The number of benzene rings is 1. The summed E-state index contributed by atoms with van der Waals surface area (Å²) in [5.41, 5.74) is 2.41. The van der Waals surface area contributed by atoms with Crippen molar-refractivity contribution in [3.63, 3.8) is 0 Å². The molecular weight excluding hydrogens is 250 g/mol. The average Bonchev–Trinajstić information content (AvgIpc) is 2.89. The van der Waals surface area contributed by atoms with E-state index in [4.69, 9.17) is 4.74 Å². The first-order valence-corrected chi connectivity index (χ1v) is 7.10. The van der Waals surface area contributed by atoms with Crippen LogP contribution in [0.3, 0.4) is 0 Å². The Morgan fingerprint density at radius 1 is 1.35 bits per heavy atom. The number of hydrogen-bond acceptors (Lipinski definition) is 3. The molecule has 4 nitrogen and oxygen atoms in total. The molecule has 1 aromatic carbocycles. The van der Waals surface area contributed by atoms with E-state index in [1.807, 2.05) is 23.0 Å². The Morgan fingerprint density at radius 3 is 2.80 bits per heavy atom. The Bertz CT molecular complexity index is 536. The summed E-state index contributed by atoms with van der Waals surface area (Å²) in [5, 5.41) is 7.87. The Hall–Kier alpha value is -1.81. The van der Waals surface area contributed by atoms with Crippen molar-refractivity contribution in [1.29, 1.82) is 0 Å². The highest BCUT2D eigenvalue weighted by Crippen LogP contribution is 2.26. The molecule has 1 atom stereocenters. The van der Waals surface area contributed by atoms with Crippen LogP contribution in [0.4, 0.5) is 0 Å². The summed E-state index contributed by atoms with van der Waals surface area (Å²) >= 11 is 0. The highest BCUT2D eigenvalue weighted by atomic mass is 16.5. The predicted octanol–water partition coefficient (Wildman–Crippen LogP) is 2.94. The van der Waals surface area contributed by atoms with Gasteiger partial charge in [0.2, 0.25) is 0 Å². The Kier molecular flexibility index (Phi) is 5.18. The first kappa shape index (κ1) is 14.6. The van der Waals surface area contributed by atoms with Crippen LogP contribution in [0.2, 0.25) is 0 Å². The lowest BCUT2D eigenvalue weighted by Gasteiger charge is -2.20. The molecule has 0 aliphatic carbocycles. The number of hydrogen-bond donors (Lipinski definition) is 1. The number of aryl methyl sites for hydroxylation is 1. The molecule has 1 aromatic heterocycles. The molecule has 0 radical (unpaired) electrons. The van der Waals surface area contributed by atoms with Crippen LogP contribution < -0.4 is 10.1 Å². The van der Waals surface area contributed by atoms with Crippen molar-refractivity contribution in [2.75, 3.05) is 13.7 Å². The zero-order valence-electron chi connectivity index (χ0n) is 12.5. The van der Waals surface area contributed by atoms with Crippen molar-refractivity contribution in [2.45, 2.75) is 32.9 Å². The molecule has 0 spiro atoms. The molecule has 2 aromatic rings. The topological polar surface area (TPSA) is 39.1 Å².